The molecule has 1 heterocycles. The number of alkyl halides is 3. The molecule has 0 spiro atoms. The van der Waals surface area contributed by atoms with Gasteiger partial charge in [-0.25, -0.2) is 0 Å². The summed E-state index contributed by atoms with van der Waals surface area (Å²) in [5.74, 6) is 0.769. The van der Waals surface area contributed by atoms with E-state index in [4.69, 9.17) is 4.74 Å². The summed E-state index contributed by atoms with van der Waals surface area (Å²) in [6, 6.07) is 5.69. The Bertz CT molecular complexity index is 617. The van der Waals surface area contributed by atoms with Gasteiger partial charge in [0.1, 0.15) is 0 Å². The van der Waals surface area contributed by atoms with Crippen molar-refractivity contribution in [2.45, 2.75) is 51.6 Å². The number of guanidine groups is 1. The molecule has 8 heteroatoms. The van der Waals surface area contributed by atoms with Gasteiger partial charge in [-0.1, -0.05) is 12.1 Å². The highest BCUT2D eigenvalue weighted by Crippen LogP contribution is 2.29. The maximum atomic E-state index is 12.7. The SMILES string of the molecule is CN=C(NCCCOC(C)C)NC1CCN(Cc2ccc(C(F)(F)F)cc2)C1. The molecule has 0 saturated carbocycles. The first kappa shape index (κ1) is 22.5. The molecule has 28 heavy (non-hydrogen) atoms. The second kappa shape index (κ2) is 10.7. The first-order valence-corrected chi connectivity index (χ1v) is 9.75. The summed E-state index contributed by atoms with van der Waals surface area (Å²) in [5.41, 5.74) is 0.284. The molecule has 0 bridgehead atoms. The van der Waals surface area contributed by atoms with Crippen molar-refractivity contribution in [1.29, 1.82) is 0 Å². The quantitative estimate of drug-likeness (QED) is 0.400. The lowest BCUT2D eigenvalue weighted by Crippen LogP contribution is -2.44. The van der Waals surface area contributed by atoms with Gasteiger partial charge in [-0.3, -0.25) is 9.89 Å². The number of nitrogens with one attached hydrogen (secondary N) is 2. The highest BCUT2D eigenvalue weighted by atomic mass is 19.4. The number of hydrogen-bond acceptors (Lipinski definition) is 3. The lowest BCUT2D eigenvalue weighted by atomic mass is 10.1. The van der Waals surface area contributed by atoms with E-state index in [0.29, 0.717) is 13.2 Å². The Hall–Kier alpha value is -1.80. The van der Waals surface area contributed by atoms with E-state index in [0.717, 1.165) is 56.1 Å². The van der Waals surface area contributed by atoms with Crippen LogP contribution in [-0.2, 0) is 17.5 Å². The van der Waals surface area contributed by atoms with Crippen LogP contribution in [0.4, 0.5) is 13.2 Å². The standard InChI is InChI=1S/C20H31F3N4O/c1-15(2)28-12-4-10-25-19(24-3)26-18-9-11-27(14-18)13-16-5-7-17(8-6-16)20(21,22)23/h5-8,15,18H,4,9-14H2,1-3H3,(H2,24,25,26). The Labute approximate surface area is 165 Å². The van der Waals surface area contributed by atoms with E-state index in [1.807, 2.05) is 13.8 Å². The summed E-state index contributed by atoms with van der Waals surface area (Å²) in [4.78, 5) is 6.49. The van der Waals surface area contributed by atoms with Gasteiger partial charge in [0.15, 0.2) is 5.96 Å². The molecule has 1 aliphatic heterocycles. The molecule has 1 aromatic rings. The van der Waals surface area contributed by atoms with Crippen molar-refractivity contribution in [3.63, 3.8) is 0 Å². The zero-order valence-corrected chi connectivity index (χ0v) is 16.9. The van der Waals surface area contributed by atoms with E-state index < -0.39 is 11.7 Å². The molecule has 1 saturated heterocycles. The Balaban J connectivity index is 1.72. The zero-order valence-electron chi connectivity index (χ0n) is 16.9. The molecule has 0 aliphatic carbocycles. The van der Waals surface area contributed by atoms with E-state index in [9.17, 15) is 13.2 Å². The average molecular weight is 400 g/mol. The van der Waals surface area contributed by atoms with Crippen LogP contribution >= 0.6 is 0 Å². The van der Waals surface area contributed by atoms with Crippen LogP contribution in [0.5, 0.6) is 0 Å². The first-order chi connectivity index (χ1) is 13.3. The Morgan fingerprint density at radius 2 is 2.00 bits per heavy atom. The van der Waals surface area contributed by atoms with Crippen LogP contribution in [0.25, 0.3) is 0 Å². The van der Waals surface area contributed by atoms with Gasteiger partial charge in [0.2, 0.25) is 0 Å². The number of likely N-dealkylation sites (tertiary alicyclic amines) is 1. The second-order valence-corrected chi connectivity index (χ2v) is 7.33. The van der Waals surface area contributed by atoms with Gasteiger partial charge < -0.3 is 15.4 Å². The smallest absolute Gasteiger partial charge is 0.379 e. The molecule has 0 aromatic heterocycles. The molecule has 2 rings (SSSR count). The second-order valence-electron chi connectivity index (χ2n) is 7.33. The lowest BCUT2D eigenvalue weighted by Gasteiger charge is -2.19. The minimum atomic E-state index is -4.29. The topological polar surface area (TPSA) is 48.9 Å². The predicted octanol–water partition coefficient (Wildman–Crippen LogP) is 3.26. The van der Waals surface area contributed by atoms with E-state index in [1.165, 1.54) is 0 Å². The van der Waals surface area contributed by atoms with Crippen LogP contribution in [0, 0.1) is 0 Å². The number of nitrogens with zero attached hydrogens (tertiary/aromatic N) is 2. The normalized spacial score (nSPS) is 18.7. The summed E-state index contributed by atoms with van der Waals surface area (Å²) in [7, 11) is 1.74. The maximum absolute atomic E-state index is 12.7. The van der Waals surface area contributed by atoms with Crippen LogP contribution < -0.4 is 10.6 Å². The van der Waals surface area contributed by atoms with E-state index in [1.54, 1.807) is 19.2 Å². The molecule has 0 amide bonds. The monoisotopic (exact) mass is 400 g/mol. The number of ether oxygens (including phenoxy) is 1. The predicted molar refractivity (Wildman–Crippen MR) is 105 cm³/mol. The number of benzene rings is 1. The maximum Gasteiger partial charge on any atom is 0.416 e. The fraction of sp³-hybridized carbons (Fsp3) is 0.650. The Morgan fingerprint density at radius 1 is 1.29 bits per heavy atom. The number of halogens is 3. The first-order valence-electron chi connectivity index (χ1n) is 9.75. The Morgan fingerprint density at radius 3 is 2.61 bits per heavy atom. The van der Waals surface area contributed by atoms with Crippen molar-refractivity contribution < 1.29 is 17.9 Å². The van der Waals surface area contributed by atoms with Crippen LogP contribution in [-0.4, -0.2) is 56.3 Å². The summed E-state index contributed by atoms with van der Waals surface area (Å²) in [6.07, 6.45) is -2.17. The molecule has 158 valence electrons. The minimum Gasteiger partial charge on any atom is -0.379 e. The largest absolute Gasteiger partial charge is 0.416 e. The molecule has 1 aliphatic rings. The van der Waals surface area contributed by atoms with Crippen molar-refractivity contribution >= 4 is 5.96 Å². The third-order valence-electron chi connectivity index (χ3n) is 4.59. The van der Waals surface area contributed by atoms with E-state index in [2.05, 4.69) is 20.5 Å². The van der Waals surface area contributed by atoms with Crippen LogP contribution in [0.2, 0.25) is 0 Å². The van der Waals surface area contributed by atoms with Gasteiger partial charge in [0.05, 0.1) is 11.7 Å². The fourth-order valence-corrected chi connectivity index (χ4v) is 3.14. The van der Waals surface area contributed by atoms with Crippen molar-refractivity contribution in [3.8, 4) is 0 Å². The van der Waals surface area contributed by atoms with Crippen LogP contribution in [0.15, 0.2) is 29.3 Å². The van der Waals surface area contributed by atoms with E-state index >= 15 is 0 Å². The number of hydrogen-bond donors (Lipinski definition) is 2. The third kappa shape index (κ3) is 7.67. The molecule has 2 N–H and O–H groups in total. The van der Waals surface area contributed by atoms with Gasteiger partial charge in [-0.15, -0.1) is 0 Å². The highest BCUT2D eigenvalue weighted by Gasteiger charge is 2.30. The summed E-state index contributed by atoms with van der Waals surface area (Å²) in [6.45, 7) is 7.92. The molecule has 0 radical (unpaired) electrons. The van der Waals surface area contributed by atoms with Crippen molar-refractivity contribution in [2.75, 3.05) is 33.3 Å². The number of rotatable bonds is 8. The lowest BCUT2D eigenvalue weighted by molar-refractivity contribution is -0.137. The summed E-state index contributed by atoms with van der Waals surface area (Å²) in [5, 5.41) is 6.71. The minimum absolute atomic E-state index is 0.242. The van der Waals surface area contributed by atoms with Gasteiger partial charge in [-0.05, 0) is 44.4 Å². The van der Waals surface area contributed by atoms with Gasteiger partial charge >= 0.3 is 6.18 Å². The van der Waals surface area contributed by atoms with Gasteiger partial charge in [-0.2, -0.15) is 13.2 Å². The van der Waals surface area contributed by atoms with Gasteiger partial charge in [0, 0.05) is 45.9 Å². The molecule has 1 unspecified atom stereocenters. The Kier molecular flexibility index (Phi) is 8.57. The van der Waals surface area contributed by atoms with Crippen LogP contribution in [0.3, 0.4) is 0 Å². The zero-order chi connectivity index (χ0) is 20.6. The molecule has 1 atom stereocenters. The molecule has 1 aromatic carbocycles. The molecule has 1 fully saturated rings. The third-order valence-corrected chi connectivity index (χ3v) is 4.59. The van der Waals surface area contributed by atoms with Crippen molar-refractivity contribution in [1.82, 2.24) is 15.5 Å². The average Bonchev–Trinajstić information content (AvgIpc) is 3.06. The molecule has 5 nitrogen and oxygen atoms in total. The number of aliphatic imine (C=N–C) groups is 1. The fourth-order valence-electron chi connectivity index (χ4n) is 3.14. The molecular weight excluding hydrogens is 369 g/mol. The highest BCUT2D eigenvalue weighted by molar-refractivity contribution is 5.79. The van der Waals surface area contributed by atoms with Crippen molar-refractivity contribution in [2.24, 2.45) is 4.99 Å². The molecular formula is C20H31F3N4O. The van der Waals surface area contributed by atoms with Crippen LogP contribution in [0.1, 0.15) is 37.8 Å². The van der Waals surface area contributed by atoms with E-state index in [-0.39, 0.29) is 12.1 Å². The van der Waals surface area contributed by atoms with Crippen molar-refractivity contribution in [3.05, 3.63) is 35.4 Å². The summed E-state index contributed by atoms with van der Waals surface area (Å²) >= 11 is 0. The van der Waals surface area contributed by atoms with Gasteiger partial charge in [0.25, 0.3) is 0 Å². The summed E-state index contributed by atoms with van der Waals surface area (Å²) < 4.78 is 43.5.